The van der Waals surface area contributed by atoms with Crippen LogP contribution in [0.2, 0.25) is 0 Å². The number of rotatable bonds is 4. The van der Waals surface area contributed by atoms with Crippen LogP contribution in [0, 0.1) is 5.21 Å². The first-order chi connectivity index (χ1) is 11.0. The van der Waals surface area contributed by atoms with Gasteiger partial charge in [0.05, 0.1) is 26.1 Å². The number of hydrogen-bond donors (Lipinski definition) is 1. The predicted octanol–water partition coefficient (Wildman–Crippen LogP) is 0.470. The molecule has 2 unspecified atom stereocenters. The number of nitrogens with one attached hydrogen (secondary N) is 1. The Morgan fingerprint density at radius 1 is 1.39 bits per heavy atom. The van der Waals surface area contributed by atoms with Crippen LogP contribution >= 0.6 is 0 Å². The number of carbonyl (C=O) groups is 2. The smallest absolute Gasteiger partial charge is 0.330 e. The van der Waals surface area contributed by atoms with Crippen molar-refractivity contribution in [3.8, 4) is 5.75 Å². The fourth-order valence-corrected chi connectivity index (χ4v) is 2.12. The zero-order valence-corrected chi connectivity index (χ0v) is 13.1. The first-order valence-corrected chi connectivity index (χ1v) is 6.97. The molecule has 0 spiro atoms. The minimum absolute atomic E-state index is 0.220. The molecular formula is C16H18N2O5. The van der Waals surface area contributed by atoms with Crippen molar-refractivity contribution in [1.29, 1.82) is 0 Å². The van der Waals surface area contributed by atoms with Gasteiger partial charge in [0, 0.05) is 6.08 Å². The molecule has 1 amide bonds. The average Bonchev–Trinajstić information content (AvgIpc) is 2.57. The fraction of sp³-hybridized carbons (Fsp3) is 0.250. The highest BCUT2D eigenvalue weighted by molar-refractivity contribution is 5.99. The lowest BCUT2D eigenvalue weighted by Gasteiger charge is -2.33. The van der Waals surface area contributed by atoms with Crippen LogP contribution in [-0.2, 0) is 14.3 Å². The molecule has 0 aliphatic carbocycles. The van der Waals surface area contributed by atoms with Crippen LogP contribution in [0.1, 0.15) is 12.5 Å². The van der Waals surface area contributed by atoms with Gasteiger partial charge in [-0.1, -0.05) is 6.07 Å². The number of ether oxygens (including phenoxy) is 2. The minimum atomic E-state index is -0.719. The highest BCUT2D eigenvalue weighted by Gasteiger charge is 2.30. The number of amides is 1. The van der Waals surface area contributed by atoms with Gasteiger partial charge in [-0.05, 0) is 30.7 Å². The third-order valence-corrected chi connectivity index (χ3v) is 3.50. The summed E-state index contributed by atoms with van der Waals surface area (Å²) in [5, 5.41) is 11.3. The van der Waals surface area contributed by atoms with Gasteiger partial charge < -0.3 is 19.7 Å². The molecule has 1 aliphatic heterocycles. The van der Waals surface area contributed by atoms with Gasteiger partial charge in [0.2, 0.25) is 0 Å². The Balaban J connectivity index is 2.33. The van der Waals surface area contributed by atoms with Gasteiger partial charge in [-0.15, -0.1) is 0 Å². The Morgan fingerprint density at radius 3 is 2.78 bits per heavy atom. The lowest BCUT2D eigenvalue weighted by Crippen LogP contribution is -3.09. The van der Waals surface area contributed by atoms with Crippen LogP contribution in [0.4, 0.5) is 5.69 Å². The topological polar surface area (TPSA) is 83.3 Å². The minimum Gasteiger partial charge on any atom is -0.629 e. The van der Waals surface area contributed by atoms with Gasteiger partial charge in [0.15, 0.2) is 6.04 Å². The molecule has 1 aromatic carbocycles. The lowest BCUT2D eigenvalue weighted by molar-refractivity contribution is -0.809. The summed E-state index contributed by atoms with van der Waals surface area (Å²) in [4.78, 5) is 24.8. The molecule has 1 aliphatic rings. The summed E-state index contributed by atoms with van der Waals surface area (Å²) in [6.45, 7) is 1.57. The number of nitrogens with zero attached hydrogens (tertiary/aromatic N) is 1. The number of esters is 1. The molecule has 0 bridgehead atoms. The molecule has 122 valence electrons. The van der Waals surface area contributed by atoms with Gasteiger partial charge in [-0.25, -0.2) is 4.79 Å². The number of methoxy groups -OCH3 is 2. The summed E-state index contributed by atoms with van der Waals surface area (Å²) >= 11 is 0. The molecule has 7 heteroatoms. The number of anilines is 1. The Morgan fingerprint density at radius 2 is 2.13 bits per heavy atom. The standard InChI is InChI=1S/C16H18N2O5/c1-11-16(20)17(8-9-18(11)21)13-6-4-12(10-14(13)22-2)5-7-15(19)23-3/h4-11,18H,1-3H3. The maximum atomic E-state index is 12.3. The van der Waals surface area contributed by atoms with E-state index < -0.39 is 12.0 Å². The van der Waals surface area contributed by atoms with Crippen LogP contribution in [0.25, 0.3) is 6.08 Å². The monoisotopic (exact) mass is 318 g/mol. The first-order valence-electron chi connectivity index (χ1n) is 6.97. The summed E-state index contributed by atoms with van der Waals surface area (Å²) in [6.07, 6.45) is 5.68. The van der Waals surface area contributed by atoms with E-state index in [1.807, 2.05) is 0 Å². The number of hydroxylamine groups is 2. The fourth-order valence-electron chi connectivity index (χ4n) is 2.12. The molecule has 0 saturated carbocycles. The maximum Gasteiger partial charge on any atom is 0.330 e. The van der Waals surface area contributed by atoms with Crippen molar-refractivity contribution in [2.24, 2.45) is 0 Å². The van der Waals surface area contributed by atoms with Crippen molar-refractivity contribution in [3.63, 3.8) is 0 Å². The zero-order chi connectivity index (χ0) is 17.0. The summed E-state index contributed by atoms with van der Waals surface area (Å²) in [7, 11) is 2.78. The second kappa shape index (κ2) is 7.08. The molecule has 1 aromatic rings. The highest BCUT2D eigenvalue weighted by Crippen LogP contribution is 2.31. The van der Waals surface area contributed by atoms with Crippen molar-refractivity contribution in [1.82, 2.24) is 0 Å². The van der Waals surface area contributed by atoms with E-state index in [1.165, 1.54) is 37.6 Å². The van der Waals surface area contributed by atoms with Crippen LogP contribution < -0.4 is 14.7 Å². The first kappa shape index (κ1) is 16.7. The number of hydrogen-bond acceptors (Lipinski definition) is 5. The number of benzene rings is 1. The van der Waals surface area contributed by atoms with Crippen molar-refractivity contribution < 1.29 is 24.1 Å². The second-order valence-electron chi connectivity index (χ2n) is 4.94. The van der Waals surface area contributed by atoms with E-state index in [4.69, 9.17) is 4.74 Å². The number of quaternary nitrogens is 1. The molecule has 7 nitrogen and oxygen atoms in total. The summed E-state index contributed by atoms with van der Waals surface area (Å²) < 4.78 is 9.85. The zero-order valence-electron chi connectivity index (χ0n) is 13.1. The van der Waals surface area contributed by atoms with Crippen LogP contribution in [0.3, 0.4) is 0 Å². The third kappa shape index (κ3) is 3.58. The van der Waals surface area contributed by atoms with E-state index in [-0.39, 0.29) is 11.0 Å². The predicted molar refractivity (Wildman–Crippen MR) is 84.5 cm³/mol. The second-order valence-corrected chi connectivity index (χ2v) is 4.94. The van der Waals surface area contributed by atoms with Crippen LogP contribution in [0.15, 0.2) is 36.7 Å². The van der Waals surface area contributed by atoms with E-state index >= 15 is 0 Å². The molecule has 0 fully saturated rings. The summed E-state index contributed by atoms with van der Waals surface area (Å²) in [5.74, 6) is -0.320. The molecular weight excluding hydrogens is 300 g/mol. The Labute approximate surface area is 134 Å². The molecule has 23 heavy (non-hydrogen) atoms. The summed E-state index contributed by atoms with van der Waals surface area (Å²) in [6, 6.07) is 4.40. The molecule has 2 atom stereocenters. The van der Waals surface area contributed by atoms with Gasteiger partial charge >= 0.3 is 5.97 Å². The largest absolute Gasteiger partial charge is 0.629 e. The number of carbonyl (C=O) groups excluding carboxylic acids is 2. The highest BCUT2D eigenvalue weighted by atomic mass is 16.5. The van der Waals surface area contributed by atoms with Gasteiger partial charge in [-0.2, -0.15) is 0 Å². The van der Waals surface area contributed by atoms with Crippen molar-refractivity contribution in [2.45, 2.75) is 13.0 Å². The van der Waals surface area contributed by atoms with Crippen molar-refractivity contribution in [2.75, 3.05) is 19.1 Å². The lowest BCUT2D eigenvalue weighted by atomic mass is 10.1. The Kier molecular flexibility index (Phi) is 5.15. The quantitative estimate of drug-likeness (QED) is 0.496. The normalized spacial score (nSPS) is 20.9. The maximum absolute atomic E-state index is 12.3. The van der Waals surface area contributed by atoms with E-state index in [1.54, 1.807) is 31.2 Å². The molecule has 0 radical (unpaired) electrons. The van der Waals surface area contributed by atoms with Crippen molar-refractivity contribution in [3.05, 3.63) is 47.4 Å². The Bertz CT molecular complexity index is 668. The van der Waals surface area contributed by atoms with E-state index in [0.29, 0.717) is 17.0 Å². The van der Waals surface area contributed by atoms with Gasteiger partial charge in [-0.3, -0.25) is 9.69 Å². The molecule has 1 N–H and O–H groups in total. The average molecular weight is 318 g/mol. The molecule has 0 aromatic heterocycles. The molecule has 1 heterocycles. The van der Waals surface area contributed by atoms with Gasteiger partial charge in [0.1, 0.15) is 11.9 Å². The SMILES string of the molecule is COC(=O)C=Cc1ccc(N2C=C[NH+]([O-])C(C)C2=O)c(OC)c1. The van der Waals surface area contributed by atoms with E-state index in [2.05, 4.69) is 4.74 Å². The molecule has 0 saturated heterocycles. The van der Waals surface area contributed by atoms with Crippen LogP contribution in [-0.4, -0.2) is 32.1 Å². The third-order valence-electron chi connectivity index (χ3n) is 3.50. The van der Waals surface area contributed by atoms with Gasteiger partial charge in [0.25, 0.3) is 5.91 Å². The van der Waals surface area contributed by atoms with E-state index in [0.717, 1.165) is 0 Å². The molecule has 2 rings (SSSR count). The van der Waals surface area contributed by atoms with E-state index in [9.17, 15) is 14.8 Å². The van der Waals surface area contributed by atoms with Crippen LogP contribution in [0.5, 0.6) is 5.75 Å². The summed E-state index contributed by atoms with van der Waals surface area (Å²) in [5.41, 5.74) is 1.25. The van der Waals surface area contributed by atoms with Crippen molar-refractivity contribution >= 4 is 23.6 Å². The Hall–Kier alpha value is -2.64.